The molecule has 0 aromatic carbocycles. The molecule has 2 rings (SSSR count). The third-order valence-corrected chi connectivity index (χ3v) is 1.50. The number of amidine groups is 2. The van der Waals surface area contributed by atoms with Gasteiger partial charge in [0.25, 0.3) is 5.79 Å². The van der Waals surface area contributed by atoms with Gasteiger partial charge < -0.3 is 5.11 Å². The molecule has 2 aliphatic heterocycles. The lowest BCUT2D eigenvalue weighted by atomic mass is 10.2. The van der Waals surface area contributed by atoms with Crippen LogP contribution in [0.5, 0.6) is 0 Å². The summed E-state index contributed by atoms with van der Waals surface area (Å²) in [5.74, 6) is -1.92. The van der Waals surface area contributed by atoms with Crippen LogP contribution in [-0.4, -0.2) is 41.7 Å². The van der Waals surface area contributed by atoms with Crippen molar-refractivity contribution in [2.24, 2.45) is 20.0 Å². The third kappa shape index (κ3) is 0.884. The zero-order valence-corrected chi connectivity index (χ0v) is 5.98. The minimum atomic E-state index is -2.00. The molecule has 0 amide bonds. The standard InChI is InChI=1S/C6H5FN4O/c7-6-2-8-4(1-12)11-5(6)9-3-10-6/h2-3,12H,1H2. The van der Waals surface area contributed by atoms with Crippen molar-refractivity contribution >= 4 is 24.2 Å². The minimum absolute atomic E-state index is 0.0680. The van der Waals surface area contributed by atoms with E-state index in [4.69, 9.17) is 5.11 Å². The molecule has 0 radical (unpaired) electrons. The molecule has 1 N–H and O–H groups in total. The Morgan fingerprint density at radius 3 is 3.17 bits per heavy atom. The fourth-order valence-corrected chi connectivity index (χ4v) is 0.902. The SMILES string of the molecule is OCC1=NC2=NC=NC2(F)C=N1. The van der Waals surface area contributed by atoms with Crippen molar-refractivity contribution in [2.45, 2.75) is 5.79 Å². The first-order valence-corrected chi connectivity index (χ1v) is 3.29. The van der Waals surface area contributed by atoms with E-state index in [0.29, 0.717) is 0 Å². The normalized spacial score (nSPS) is 31.5. The molecule has 12 heavy (non-hydrogen) atoms. The number of hydrogen-bond donors (Lipinski definition) is 1. The first-order valence-electron chi connectivity index (χ1n) is 3.29. The maximum atomic E-state index is 13.4. The van der Waals surface area contributed by atoms with E-state index in [2.05, 4.69) is 20.0 Å². The van der Waals surface area contributed by atoms with Gasteiger partial charge in [0.2, 0.25) is 0 Å². The van der Waals surface area contributed by atoms with Crippen LogP contribution in [0.3, 0.4) is 0 Å². The Morgan fingerprint density at radius 1 is 1.58 bits per heavy atom. The molecule has 2 heterocycles. The summed E-state index contributed by atoms with van der Waals surface area (Å²) in [6, 6.07) is 0. The highest BCUT2D eigenvalue weighted by Crippen LogP contribution is 2.20. The molecule has 0 fully saturated rings. The van der Waals surface area contributed by atoms with E-state index in [1.807, 2.05) is 0 Å². The molecular formula is C6H5FN4O. The number of aliphatic hydroxyl groups is 1. The van der Waals surface area contributed by atoms with Crippen LogP contribution in [0.2, 0.25) is 0 Å². The molecule has 1 atom stereocenters. The number of hydrogen-bond acceptors (Lipinski definition) is 5. The van der Waals surface area contributed by atoms with E-state index in [9.17, 15) is 4.39 Å². The lowest BCUT2D eigenvalue weighted by molar-refractivity contribution is 0.352. The predicted molar refractivity (Wildman–Crippen MR) is 42.8 cm³/mol. The van der Waals surface area contributed by atoms with E-state index in [0.717, 1.165) is 12.6 Å². The van der Waals surface area contributed by atoms with Crippen LogP contribution in [0, 0.1) is 0 Å². The predicted octanol–water partition coefficient (Wildman–Crippen LogP) is -0.432. The summed E-state index contributed by atoms with van der Waals surface area (Å²) in [4.78, 5) is 14.2. The van der Waals surface area contributed by atoms with Crippen molar-refractivity contribution in [1.29, 1.82) is 0 Å². The van der Waals surface area contributed by atoms with Gasteiger partial charge in [-0.2, -0.15) is 0 Å². The second-order valence-electron chi connectivity index (χ2n) is 2.31. The van der Waals surface area contributed by atoms with Gasteiger partial charge in [0, 0.05) is 0 Å². The van der Waals surface area contributed by atoms with Gasteiger partial charge in [0.05, 0.1) is 6.21 Å². The van der Waals surface area contributed by atoms with Gasteiger partial charge in [-0.3, -0.25) is 0 Å². The Hall–Kier alpha value is -1.43. The zero-order chi connectivity index (χ0) is 8.60. The van der Waals surface area contributed by atoms with Crippen molar-refractivity contribution in [2.75, 3.05) is 6.61 Å². The molecule has 2 aliphatic rings. The van der Waals surface area contributed by atoms with Gasteiger partial charge in [0.1, 0.15) is 12.9 Å². The molecule has 0 aromatic rings. The largest absolute Gasteiger partial charge is 0.388 e. The van der Waals surface area contributed by atoms with Gasteiger partial charge in [-0.05, 0) is 0 Å². The number of aliphatic imine (C=N–C) groups is 4. The second kappa shape index (κ2) is 2.28. The molecule has 0 saturated heterocycles. The van der Waals surface area contributed by atoms with Crippen LogP contribution < -0.4 is 0 Å². The molecule has 0 aromatic heterocycles. The summed E-state index contributed by atoms with van der Waals surface area (Å²) in [7, 11) is 0. The first-order chi connectivity index (χ1) is 5.74. The number of fused-ring (bicyclic) bond motifs is 1. The number of rotatable bonds is 1. The molecule has 0 aliphatic carbocycles. The molecule has 0 spiro atoms. The van der Waals surface area contributed by atoms with Crippen LogP contribution in [0.15, 0.2) is 20.0 Å². The van der Waals surface area contributed by atoms with Gasteiger partial charge >= 0.3 is 0 Å². The first kappa shape index (κ1) is 7.23. The molecule has 0 bridgehead atoms. The summed E-state index contributed by atoms with van der Waals surface area (Å²) < 4.78 is 13.4. The quantitative estimate of drug-likeness (QED) is 0.530. The Bertz CT molecular complexity index is 332. The summed E-state index contributed by atoms with van der Waals surface area (Å²) in [5, 5.41) is 8.63. The Morgan fingerprint density at radius 2 is 2.42 bits per heavy atom. The van der Waals surface area contributed by atoms with Crippen molar-refractivity contribution in [1.82, 2.24) is 0 Å². The van der Waals surface area contributed by atoms with Gasteiger partial charge in [-0.15, -0.1) is 0 Å². The monoisotopic (exact) mass is 168 g/mol. The lowest BCUT2D eigenvalue weighted by Gasteiger charge is -2.14. The van der Waals surface area contributed by atoms with Crippen LogP contribution in [-0.2, 0) is 0 Å². The third-order valence-electron chi connectivity index (χ3n) is 1.50. The van der Waals surface area contributed by atoms with Crippen molar-refractivity contribution < 1.29 is 9.50 Å². The fraction of sp³-hybridized carbons (Fsp3) is 0.333. The van der Waals surface area contributed by atoms with Crippen molar-refractivity contribution in [3.63, 3.8) is 0 Å². The summed E-state index contributed by atoms with van der Waals surface area (Å²) in [5.41, 5.74) is 0. The van der Waals surface area contributed by atoms with E-state index in [1.54, 1.807) is 0 Å². The summed E-state index contributed by atoms with van der Waals surface area (Å²) >= 11 is 0. The van der Waals surface area contributed by atoms with Crippen LogP contribution >= 0.6 is 0 Å². The molecular weight excluding hydrogens is 163 g/mol. The van der Waals surface area contributed by atoms with Gasteiger partial charge in [-0.25, -0.2) is 24.4 Å². The molecule has 1 unspecified atom stereocenters. The maximum Gasteiger partial charge on any atom is 0.297 e. The number of nitrogens with zero attached hydrogens (tertiary/aromatic N) is 4. The number of alkyl halides is 1. The maximum absolute atomic E-state index is 13.4. The average Bonchev–Trinajstić information content (AvgIpc) is 2.45. The van der Waals surface area contributed by atoms with E-state index >= 15 is 0 Å². The van der Waals surface area contributed by atoms with Gasteiger partial charge in [0.15, 0.2) is 11.7 Å². The molecule has 6 heteroatoms. The fourth-order valence-electron chi connectivity index (χ4n) is 0.902. The highest BCUT2D eigenvalue weighted by atomic mass is 19.1. The number of aliphatic hydroxyl groups excluding tert-OH is 1. The Balaban J connectivity index is 2.39. The molecule has 5 nitrogen and oxygen atoms in total. The average molecular weight is 168 g/mol. The van der Waals surface area contributed by atoms with E-state index < -0.39 is 5.79 Å². The molecule has 0 saturated carbocycles. The highest BCUT2D eigenvalue weighted by Gasteiger charge is 2.38. The zero-order valence-electron chi connectivity index (χ0n) is 5.98. The van der Waals surface area contributed by atoms with Crippen molar-refractivity contribution in [3.8, 4) is 0 Å². The molecule has 62 valence electrons. The summed E-state index contributed by atoms with van der Waals surface area (Å²) in [6.45, 7) is -0.328. The second-order valence-corrected chi connectivity index (χ2v) is 2.31. The Kier molecular flexibility index (Phi) is 1.37. The van der Waals surface area contributed by atoms with E-state index in [1.165, 1.54) is 0 Å². The van der Waals surface area contributed by atoms with Gasteiger partial charge in [-0.1, -0.05) is 0 Å². The van der Waals surface area contributed by atoms with Crippen LogP contribution in [0.25, 0.3) is 0 Å². The topological polar surface area (TPSA) is 69.7 Å². The number of halogens is 1. The summed E-state index contributed by atoms with van der Waals surface area (Å²) in [6.07, 6.45) is 2.07. The van der Waals surface area contributed by atoms with Crippen molar-refractivity contribution in [3.05, 3.63) is 0 Å². The smallest absolute Gasteiger partial charge is 0.297 e. The van der Waals surface area contributed by atoms with E-state index in [-0.39, 0.29) is 18.3 Å². The van der Waals surface area contributed by atoms with Crippen LogP contribution in [0.1, 0.15) is 0 Å². The lowest BCUT2D eigenvalue weighted by Crippen LogP contribution is -2.34. The Labute approximate surface area is 67.1 Å². The highest BCUT2D eigenvalue weighted by molar-refractivity contribution is 6.19. The minimum Gasteiger partial charge on any atom is -0.388 e. The van der Waals surface area contributed by atoms with Crippen LogP contribution in [0.4, 0.5) is 4.39 Å².